The Labute approximate surface area is 343 Å². The molecule has 9 heteroatoms. The van der Waals surface area contributed by atoms with Crippen LogP contribution in [0.3, 0.4) is 0 Å². The monoisotopic (exact) mass is 783 g/mol. The molecular weight excluding hydrogens is 725 g/mol. The van der Waals surface area contributed by atoms with E-state index in [9.17, 15) is 15.0 Å². The molecule has 1 saturated carbocycles. The van der Waals surface area contributed by atoms with E-state index in [1.165, 1.54) is 5.57 Å². The van der Waals surface area contributed by atoms with Gasteiger partial charge in [-0.05, 0) is 77.6 Å². The highest BCUT2D eigenvalue weighted by Gasteiger charge is 2.51. The number of aliphatic imine (C=N–C) groups is 2. The Kier molecular flexibility index (Phi) is 12.3. The lowest BCUT2D eigenvalue weighted by Gasteiger charge is -2.36. The number of quaternary nitrogens is 1. The van der Waals surface area contributed by atoms with Gasteiger partial charge in [0.05, 0.1) is 11.5 Å². The number of carbonyl (C=O) groups excluding carboxylic acids is 1. The summed E-state index contributed by atoms with van der Waals surface area (Å²) in [5.74, 6) is 11.0. The van der Waals surface area contributed by atoms with Gasteiger partial charge in [-0.3, -0.25) is 19.7 Å². The maximum absolute atomic E-state index is 13.8. The van der Waals surface area contributed by atoms with Crippen LogP contribution in [0.1, 0.15) is 137 Å². The number of carbonyl (C=O) groups is 1. The zero-order valence-corrected chi connectivity index (χ0v) is 34.2. The zero-order chi connectivity index (χ0) is 40.2. The molecular formula is C49H59N4O5+. The van der Waals surface area contributed by atoms with Crippen molar-refractivity contribution in [3.8, 4) is 35.4 Å². The smallest absolute Gasteiger partial charge is 0.252 e. The summed E-state index contributed by atoms with van der Waals surface area (Å²) >= 11 is 0. The second kappa shape index (κ2) is 17.8. The van der Waals surface area contributed by atoms with Crippen molar-refractivity contribution in [2.75, 3.05) is 6.54 Å². The van der Waals surface area contributed by atoms with E-state index in [2.05, 4.69) is 48.9 Å². The minimum absolute atomic E-state index is 0.130. The Morgan fingerprint density at radius 3 is 2.62 bits per heavy atom. The Bertz CT molecular complexity index is 2140. The molecule has 5 N–H and O–H groups in total. The summed E-state index contributed by atoms with van der Waals surface area (Å²) in [7, 11) is 0. The molecule has 0 aromatic heterocycles. The van der Waals surface area contributed by atoms with Crippen LogP contribution in [0.5, 0.6) is 11.5 Å². The van der Waals surface area contributed by atoms with Gasteiger partial charge in [0, 0.05) is 43.2 Å². The van der Waals surface area contributed by atoms with Gasteiger partial charge < -0.3 is 25.4 Å². The van der Waals surface area contributed by atoms with E-state index in [0.29, 0.717) is 50.1 Å². The number of allylic oxidation sites excluding steroid dienone is 1. The number of aliphatic hydroxyl groups excluding tert-OH is 2. The average molecular weight is 784 g/mol. The molecule has 0 radical (unpaired) electrons. The van der Waals surface area contributed by atoms with E-state index in [1.807, 2.05) is 42.8 Å². The number of unbranched alkanes of at least 4 members (excludes halogenated alkanes) is 4. The van der Waals surface area contributed by atoms with Crippen LogP contribution < -0.4 is 20.1 Å². The molecule has 0 amide bonds. The van der Waals surface area contributed by atoms with Gasteiger partial charge in [0.1, 0.15) is 48.5 Å². The molecule has 5 heterocycles. The molecule has 1 spiro atoms. The number of hydrogen-bond acceptors (Lipinski definition) is 8. The van der Waals surface area contributed by atoms with Crippen LogP contribution in [0.2, 0.25) is 0 Å². The van der Waals surface area contributed by atoms with E-state index in [0.717, 1.165) is 115 Å². The number of Topliss-reactive ketones (excluding diaryl/α,β-unsaturated/α-hetero) is 1. The topological polar surface area (TPSA) is 131 Å². The molecule has 2 bridgehead atoms. The molecule has 2 aromatic rings. The molecule has 1 aliphatic carbocycles. The van der Waals surface area contributed by atoms with Gasteiger partial charge in [-0.2, -0.15) is 0 Å². The van der Waals surface area contributed by atoms with Crippen molar-refractivity contribution in [2.45, 2.75) is 141 Å². The number of fused-ring (bicyclic) bond motifs is 8. The Balaban J connectivity index is 1.13. The quantitative estimate of drug-likeness (QED) is 0.135. The van der Waals surface area contributed by atoms with Gasteiger partial charge in [-0.1, -0.05) is 101 Å². The van der Waals surface area contributed by atoms with Crippen molar-refractivity contribution in [2.24, 2.45) is 33.0 Å². The number of nitrogens with one attached hydrogen (secondary N) is 1. The second-order valence-electron chi connectivity index (χ2n) is 17.2. The molecule has 6 aliphatic rings. The van der Waals surface area contributed by atoms with Crippen molar-refractivity contribution in [1.82, 2.24) is 0 Å². The highest BCUT2D eigenvalue weighted by molar-refractivity contribution is 5.87. The van der Waals surface area contributed by atoms with Gasteiger partial charge in [0.2, 0.25) is 0 Å². The molecule has 9 nitrogen and oxygen atoms in total. The summed E-state index contributed by atoms with van der Waals surface area (Å²) in [5.41, 5.74) is 14.1. The zero-order valence-electron chi connectivity index (χ0n) is 34.2. The lowest BCUT2D eigenvalue weighted by atomic mass is 9.73. The number of aryl methyl sites for hydroxylation is 1. The minimum atomic E-state index is -1.03. The lowest BCUT2D eigenvalue weighted by Crippen LogP contribution is -3.12. The largest absolute Gasteiger partial charge is 0.437 e. The third-order valence-electron chi connectivity index (χ3n) is 13.4. The second-order valence-corrected chi connectivity index (χ2v) is 17.2. The van der Waals surface area contributed by atoms with Crippen molar-refractivity contribution >= 4 is 18.2 Å². The Morgan fingerprint density at radius 2 is 1.81 bits per heavy atom. The first-order chi connectivity index (χ1) is 28.3. The summed E-state index contributed by atoms with van der Waals surface area (Å²) < 4.78 is 13.4. The summed E-state index contributed by atoms with van der Waals surface area (Å²) in [4.78, 5) is 24.2. The van der Waals surface area contributed by atoms with E-state index in [4.69, 9.17) is 20.2 Å². The average Bonchev–Trinajstić information content (AvgIpc) is 3.97. The van der Waals surface area contributed by atoms with Gasteiger partial charge in [0.25, 0.3) is 6.23 Å². The fourth-order valence-corrected chi connectivity index (χ4v) is 10.1. The van der Waals surface area contributed by atoms with Crippen molar-refractivity contribution in [3.63, 3.8) is 0 Å². The highest BCUT2D eigenvalue weighted by Crippen LogP contribution is 2.47. The molecule has 1 fully saturated rings. The number of ether oxygens (including phenoxy) is 2. The van der Waals surface area contributed by atoms with Crippen LogP contribution in [-0.2, 0) is 24.1 Å². The summed E-state index contributed by atoms with van der Waals surface area (Å²) in [5, 5.41) is 23.1. The first kappa shape index (κ1) is 40.3. The predicted molar refractivity (Wildman–Crippen MR) is 226 cm³/mol. The molecule has 8 rings (SSSR count). The lowest BCUT2D eigenvalue weighted by molar-refractivity contribution is -0.891. The third kappa shape index (κ3) is 8.20. The summed E-state index contributed by atoms with van der Waals surface area (Å²) in [6.07, 6.45) is 20.0. The number of ketones is 1. The van der Waals surface area contributed by atoms with Crippen LogP contribution in [0.15, 0.2) is 63.4 Å². The molecule has 7 unspecified atom stereocenters. The maximum Gasteiger partial charge on any atom is 0.252 e. The van der Waals surface area contributed by atoms with E-state index in [-0.39, 0.29) is 17.6 Å². The number of rotatable bonds is 13. The normalized spacial score (nSPS) is 25.6. The van der Waals surface area contributed by atoms with E-state index < -0.39 is 30.0 Å². The molecule has 7 atom stereocenters. The first-order valence-electron chi connectivity index (χ1n) is 21.9. The van der Waals surface area contributed by atoms with Crippen LogP contribution >= 0.6 is 0 Å². The third-order valence-corrected chi connectivity index (χ3v) is 13.4. The number of nitrogens with zero attached hydrogens (tertiary/aromatic N) is 2. The van der Waals surface area contributed by atoms with Gasteiger partial charge in [0.15, 0.2) is 11.5 Å². The van der Waals surface area contributed by atoms with Gasteiger partial charge in [-0.25, -0.2) is 0 Å². The van der Waals surface area contributed by atoms with Crippen molar-refractivity contribution < 1.29 is 29.4 Å². The minimum Gasteiger partial charge on any atom is -0.437 e. The van der Waals surface area contributed by atoms with Crippen LogP contribution in [0.25, 0.3) is 0 Å². The van der Waals surface area contributed by atoms with Gasteiger partial charge >= 0.3 is 0 Å². The predicted octanol–water partition coefficient (Wildman–Crippen LogP) is 6.56. The fraction of sp³-hybridized carbons (Fsp3) is 0.531. The standard InChI is InChI=1S/C49H58N4O5/c1-3-5-7-11-37(42(54)12-8-6-4-2)44(56)18-13-32-14-20-45-46(27-32)58-48-40(49(24-26-57-45)22-9-10-23-49)17-19-43(55)35-15-16-36-34(21-25-51-47(36)50)38(35)28-33-29-52-41-31-53(48)30-39(33)41/h14-16,20,25,27,29,31,37,40,42-43,47-48,54-55H,3-13,18,21-23,28,30,50H2,1-2H3/p+1. The number of benzene rings is 2. The number of aliphatic hydroxyl groups is 2. The molecule has 2 aromatic carbocycles. The van der Waals surface area contributed by atoms with Crippen molar-refractivity contribution in [1.29, 1.82) is 0 Å². The Morgan fingerprint density at radius 1 is 1.02 bits per heavy atom. The summed E-state index contributed by atoms with van der Waals surface area (Å²) in [6.45, 7) is 4.99. The van der Waals surface area contributed by atoms with E-state index >= 15 is 0 Å². The molecule has 58 heavy (non-hydrogen) atoms. The molecule has 0 saturated heterocycles. The SMILES string of the molecule is CCCCCC(O)C(CCCCC)C(=O)CCc1ccc2c(c1)OC1C(C#CC(O)c3ccc4c(c3CC3=C5C[NH+]1C=C5N=C3)CC=NC4N)C1(C#CO2)CCCC1. The van der Waals surface area contributed by atoms with Crippen molar-refractivity contribution in [3.05, 3.63) is 81.2 Å². The molecule has 5 aliphatic heterocycles. The fourth-order valence-electron chi connectivity index (χ4n) is 10.1. The van der Waals surface area contributed by atoms with E-state index in [1.54, 1.807) is 0 Å². The Hall–Kier alpha value is -4.51. The summed E-state index contributed by atoms with van der Waals surface area (Å²) in [6, 6.07) is 9.86. The van der Waals surface area contributed by atoms with Crippen LogP contribution in [-0.4, -0.2) is 47.3 Å². The molecule has 304 valence electrons. The highest BCUT2D eigenvalue weighted by atomic mass is 16.5. The number of nitrogens with two attached hydrogens (primary N) is 1. The maximum atomic E-state index is 13.8. The van der Waals surface area contributed by atoms with Crippen LogP contribution in [0, 0.1) is 41.1 Å². The first-order valence-corrected chi connectivity index (χ1v) is 21.9. The number of hydrogen-bond donors (Lipinski definition) is 4. The van der Waals surface area contributed by atoms with Crippen LogP contribution in [0.4, 0.5) is 0 Å². The van der Waals surface area contributed by atoms with Gasteiger partial charge in [-0.15, -0.1) is 0 Å².